The van der Waals surface area contributed by atoms with E-state index in [1.165, 1.54) is 17.7 Å². The lowest BCUT2D eigenvalue weighted by molar-refractivity contribution is 0.626. The molecule has 0 aliphatic heterocycles. The van der Waals surface area contributed by atoms with Crippen molar-refractivity contribution in [2.45, 2.75) is 19.9 Å². The quantitative estimate of drug-likeness (QED) is 0.834. The van der Waals surface area contributed by atoms with Gasteiger partial charge in [-0.25, -0.2) is 4.39 Å². The molecule has 1 unspecified atom stereocenters. The maximum atomic E-state index is 12.9. The maximum absolute atomic E-state index is 12.9. The van der Waals surface area contributed by atoms with Gasteiger partial charge in [-0.05, 0) is 55.3 Å². The Morgan fingerprint density at radius 1 is 1.11 bits per heavy atom. The SMILES string of the molecule is Cc1cc(Br)ccc1NC(C)c1ccc(F)cc1. The van der Waals surface area contributed by atoms with E-state index >= 15 is 0 Å². The molecule has 1 nitrogen and oxygen atoms in total. The molecule has 2 aromatic rings. The van der Waals surface area contributed by atoms with Crippen LogP contribution in [0.3, 0.4) is 0 Å². The number of halogens is 2. The smallest absolute Gasteiger partial charge is 0.123 e. The van der Waals surface area contributed by atoms with Crippen molar-refractivity contribution >= 4 is 21.6 Å². The average Bonchev–Trinajstić information content (AvgIpc) is 2.33. The van der Waals surface area contributed by atoms with Gasteiger partial charge in [0.05, 0.1) is 0 Å². The minimum absolute atomic E-state index is 0.144. The number of hydrogen-bond acceptors (Lipinski definition) is 1. The second-order valence-electron chi connectivity index (χ2n) is 4.38. The van der Waals surface area contributed by atoms with Gasteiger partial charge < -0.3 is 5.32 Å². The normalized spacial score (nSPS) is 12.2. The lowest BCUT2D eigenvalue weighted by Crippen LogP contribution is -2.07. The first-order valence-corrected chi connectivity index (χ1v) is 6.64. The third-order valence-electron chi connectivity index (χ3n) is 2.93. The molecule has 18 heavy (non-hydrogen) atoms. The van der Waals surface area contributed by atoms with Crippen LogP contribution >= 0.6 is 15.9 Å². The summed E-state index contributed by atoms with van der Waals surface area (Å²) in [6.45, 7) is 4.12. The van der Waals surface area contributed by atoms with Gasteiger partial charge in [0.25, 0.3) is 0 Å². The van der Waals surface area contributed by atoms with Crippen molar-refractivity contribution in [3.05, 3.63) is 63.9 Å². The van der Waals surface area contributed by atoms with Crippen molar-refractivity contribution in [3.8, 4) is 0 Å². The summed E-state index contributed by atoms with van der Waals surface area (Å²) in [5.41, 5.74) is 3.34. The topological polar surface area (TPSA) is 12.0 Å². The van der Waals surface area contributed by atoms with Gasteiger partial charge in [-0.2, -0.15) is 0 Å². The summed E-state index contributed by atoms with van der Waals surface area (Å²) in [6.07, 6.45) is 0. The molecular formula is C15H15BrFN. The number of hydrogen-bond donors (Lipinski definition) is 1. The summed E-state index contributed by atoms with van der Waals surface area (Å²) in [7, 11) is 0. The fourth-order valence-electron chi connectivity index (χ4n) is 1.86. The van der Waals surface area contributed by atoms with Crippen molar-refractivity contribution in [2.75, 3.05) is 5.32 Å². The van der Waals surface area contributed by atoms with Crippen LogP contribution in [0.5, 0.6) is 0 Å². The third kappa shape index (κ3) is 3.10. The molecule has 0 radical (unpaired) electrons. The van der Waals surface area contributed by atoms with Crippen LogP contribution < -0.4 is 5.32 Å². The van der Waals surface area contributed by atoms with Crippen LogP contribution in [0.25, 0.3) is 0 Å². The lowest BCUT2D eigenvalue weighted by atomic mass is 10.1. The molecule has 0 saturated carbocycles. The molecule has 0 spiro atoms. The molecule has 0 saturated heterocycles. The Morgan fingerprint density at radius 2 is 1.78 bits per heavy atom. The average molecular weight is 308 g/mol. The molecule has 2 aromatic carbocycles. The minimum Gasteiger partial charge on any atom is -0.378 e. The van der Waals surface area contributed by atoms with E-state index in [1.54, 1.807) is 12.1 Å². The van der Waals surface area contributed by atoms with Gasteiger partial charge in [0.15, 0.2) is 0 Å². The molecule has 94 valence electrons. The van der Waals surface area contributed by atoms with Gasteiger partial charge >= 0.3 is 0 Å². The van der Waals surface area contributed by atoms with Crippen molar-refractivity contribution in [2.24, 2.45) is 0 Å². The highest BCUT2D eigenvalue weighted by Crippen LogP contribution is 2.24. The summed E-state index contributed by atoms with van der Waals surface area (Å²) >= 11 is 3.45. The molecule has 0 amide bonds. The van der Waals surface area contributed by atoms with Crippen molar-refractivity contribution in [1.29, 1.82) is 0 Å². The Bertz CT molecular complexity index is 537. The second kappa shape index (κ2) is 5.53. The summed E-state index contributed by atoms with van der Waals surface area (Å²) < 4.78 is 13.9. The molecule has 2 rings (SSSR count). The Hall–Kier alpha value is -1.35. The Morgan fingerprint density at radius 3 is 2.39 bits per heavy atom. The van der Waals surface area contributed by atoms with Crippen LogP contribution in [0.2, 0.25) is 0 Å². The van der Waals surface area contributed by atoms with Gasteiger partial charge in [-0.15, -0.1) is 0 Å². The van der Waals surface area contributed by atoms with Gasteiger partial charge in [0.1, 0.15) is 5.82 Å². The summed E-state index contributed by atoms with van der Waals surface area (Å²) in [4.78, 5) is 0. The van der Waals surface area contributed by atoms with Crippen LogP contribution in [0.1, 0.15) is 24.1 Å². The molecule has 0 fully saturated rings. The van der Waals surface area contributed by atoms with Crippen LogP contribution in [-0.4, -0.2) is 0 Å². The third-order valence-corrected chi connectivity index (χ3v) is 3.42. The highest BCUT2D eigenvalue weighted by Gasteiger charge is 2.07. The zero-order valence-corrected chi connectivity index (χ0v) is 12.0. The molecule has 0 aromatic heterocycles. The number of benzene rings is 2. The number of aryl methyl sites for hydroxylation is 1. The molecule has 1 N–H and O–H groups in total. The predicted molar refractivity (Wildman–Crippen MR) is 77.3 cm³/mol. The van der Waals surface area contributed by atoms with Gasteiger partial charge in [-0.3, -0.25) is 0 Å². The first-order chi connectivity index (χ1) is 8.56. The van der Waals surface area contributed by atoms with E-state index in [2.05, 4.69) is 41.2 Å². The first kappa shape index (κ1) is 13.1. The number of nitrogens with one attached hydrogen (secondary N) is 1. The van der Waals surface area contributed by atoms with Gasteiger partial charge in [0, 0.05) is 16.2 Å². The van der Waals surface area contributed by atoms with E-state index < -0.39 is 0 Å². The van der Waals surface area contributed by atoms with Crippen molar-refractivity contribution < 1.29 is 4.39 Å². The fraction of sp³-hybridized carbons (Fsp3) is 0.200. The standard InChI is InChI=1S/C15H15BrFN/c1-10-9-13(16)5-8-15(10)18-11(2)12-3-6-14(17)7-4-12/h3-9,11,18H,1-2H3. The molecule has 0 aliphatic rings. The highest BCUT2D eigenvalue weighted by atomic mass is 79.9. The maximum Gasteiger partial charge on any atom is 0.123 e. The molecule has 0 aliphatic carbocycles. The van der Waals surface area contributed by atoms with E-state index in [-0.39, 0.29) is 11.9 Å². The lowest BCUT2D eigenvalue weighted by Gasteiger charge is -2.17. The molecular weight excluding hydrogens is 293 g/mol. The van der Waals surface area contributed by atoms with Crippen LogP contribution in [0, 0.1) is 12.7 Å². The Kier molecular flexibility index (Phi) is 4.02. The Labute approximate surface area is 115 Å². The van der Waals surface area contributed by atoms with Gasteiger partial charge in [0.2, 0.25) is 0 Å². The van der Waals surface area contributed by atoms with Crippen LogP contribution in [0.4, 0.5) is 10.1 Å². The molecule has 0 bridgehead atoms. The summed E-state index contributed by atoms with van der Waals surface area (Å²) in [5, 5.41) is 3.43. The van der Waals surface area contributed by atoms with E-state index in [4.69, 9.17) is 0 Å². The van der Waals surface area contributed by atoms with E-state index in [9.17, 15) is 4.39 Å². The van der Waals surface area contributed by atoms with Crippen LogP contribution in [-0.2, 0) is 0 Å². The summed E-state index contributed by atoms with van der Waals surface area (Å²) in [5.74, 6) is -0.203. The highest BCUT2D eigenvalue weighted by molar-refractivity contribution is 9.10. The molecule has 0 heterocycles. The number of rotatable bonds is 3. The van der Waals surface area contributed by atoms with Crippen molar-refractivity contribution in [1.82, 2.24) is 0 Å². The predicted octanol–water partition coefficient (Wildman–Crippen LogP) is 5.07. The molecule has 3 heteroatoms. The second-order valence-corrected chi connectivity index (χ2v) is 5.29. The first-order valence-electron chi connectivity index (χ1n) is 5.84. The van der Waals surface area contributed by atoms with Crippen molar-refractivity contribution in [3.63, 3.8) is 0 Å². The largest absolute Gasteiger partial charge is 0.378 e. The van der Waals surface area contributed by atoms with E-state index in [0.717, 1.165) is 15.7 Å². The Balaban J connectivity index is 2.15. The fourth-order valence-corrected chi connectivity index (χ4v) is 2.33. The number of anilines is 1. The zero-order chi connectivity index (χ0) is 13.1. The van der Waals surface area contributed by atoms with E-state index in [0.29, 0.717) is 0 Å². The van der Waals surface area contributed by atoms with Gasteiger partial charge in [-0.1, -0.05) is 28.1 Å². The monoisotopic (exact) mass is 307 g/mol. The summed E-state index contributed by atoms with van der Waals surface area (Å²) in [6, 6.07) is 12.9. The zero-order valence-electron chi connectivity index (χ0n) is 10.4. The van der Waals surface area contributed by atoms with Crippen LogP contribution in [0.15, 0.2) is 46.9 Å². The molecule has 1 atom stereocenters. The van der Waals surface area contributed by atoms with E-state index in [1.807, 2.05) is 12.1 Å². The minimum atomic E-state index is -0.203.